The number of aliphatic carboxylic acids is 1. The lowest BCUT2D eigenvalue weighted by molar-refractivity contribution is -0.147. The van der Waals surface area contributed by atoms with Crippen molar-refractivity contribution in [1.82, 2.24) is 0 Å². The summed E-state index contributed by atoms with van der Waals surface area (Å²) in [6.07, 6.45) is 5.89. The van der Waals surface area contributed by atoms with Gasteiger partial charge in [-0.15, -0.1) is 24.8 Å². The van der Waals surface area contributed by atoms with Crippen LogP contribution >= 0.6 is 12.4 Å². The van der Waals surface area contributed by atoms with Gasteiger partial charge in [0.2, 0.25) is 0 Å². The Morgan fingerprint density at radius 2 is 2.18 bits per heavy atom. The van der Waals surface area contributed by atoms with Crippen molar-refractivity contribution in [3.63, 3.8) is 0 Å². The molecule has 0 radical (unpaired) electrons. The number of halogens is 1. The van der Waals surface area contributed by atoms with Crippen LogP contribution < -0.4 is 5.73 Å². The molecule has 0 spiro atoms. The Labute approximate surface area is 71.4 Å². The van der Waals surface area contributed by atoms with E-state index in [2.05, 4.69) is 5.92 Å². The second-order valence-electron chi connectivity index (χ2n) is 2.73. The van der Waals surface area contributed by atoms with Gasteiger partial charge in [0.1, 0.15) is 5.54 Å². The van der Waals surface area contributed by atoms with Gasteiger partial charge in [-0.25, -0.2) is 0 Å². The van der Waals surface area contributed by atoms with E-state index in [1.54, 1.807) is 0 Å². The molecule has 0 saturated heterocycles. The van der Waals surface area contributed by atoms with Crippen LogP contribution in [0, 0.1) is 18.3 Å². The first-order valence-corrected chi connectivity index (χ1v) is 3.07. The molecule has 1 aliphatic rings. The molecule has 3 nitrogen and oxygen atoms in total. The standard InChI is InChI=1S/C7H9NO2.ClH/c1-2-5-3-7(8,4-5)6(9)10;/h1,5H,3-4,8H2,(H,9,10);1H. The molecule has 0 heterocycles. The molecule has 0 aromatic rings. The maximum absolute atomic E-state index is 10.4. The van der Waals surface area contributed by atoms with Crippen molar-refractivity contribution in [2.45, 2.75) is 18.4 Å². The van der Waals surface area contributed by atoms with Crippen molar-refractivity contribution >= 4 is 18.4 Å². The Morgan fingerprint density at radius 3 is 2.45 bits per heavy atom. The van der Waals surface area contributed by atoms with E-state index in [0.717, 1.165) is 0 Å². The highest BCUT2D eigenvalue weighted by Crippen LogP contribution is 2.35. The predicted molar refractivity (Wildman–Crippen MR) is 43.4 cm³/mol. The van der Waals surface area contributed by atoms with E-state index in [4.69, 9.17) is 17.3 Å². The number of hydrogen-bond acceptors (Lipinski definition) is 2. The van der Waals surface area contributed by atoms with Gasteiger partial charge in [-0.1, -0.05) is 0 Å². The van der Waals surface area contributed by atoms with Crippen LogP contribution in [0.25, 0.3) is 0 Å². The summed E-state index contributed by atoms with van der Waals surface area (Å²) in [6, 6.07) is 0. The quantitative estimate of drug-likeness (QED) is 0.561. The third-order valence-electron chi connectivity index (χ3n) is 1.88. The Morgan fingerprint density at radius 1 is 1.73 bits per heavy atom. The van der Waals surface area contributed by atoms with E-state index in [9.17, 15) is 4.79 Å². The van der Waals surface area contributed by atoms with Crippen molar-refractivity contribution in [1.29, 1.82) is 0 Å². The van der Waals surface area contributed by atoms with E-state index in [0.29, 0.717) is 12.8 Å². The average Bonchev–Trinajstić information content (AvgIpc) is 1.80. The third-order valence-corrected chi connectivity index (χ3v) is 1.88. The van der Waals surface area contributed by atoms with E-state index >= 15 is 0 Å². The summed E-state index contributed by atoms with van der Waals surface area (Å²) >= 11 is 0. The second kappa shape index (κ2) is 3.12. The molecular formula is C7H10ClNO2. The number of carboxylic acid groups (broad SMARTS) is 1. The first-order valence-electron chi connectivity index (χ1n) is 3.07. The smallest absolute Gasteiger partial charge is 0.323 e. The van der Waals surface area contributed by atoms with Crippen LogP contribution in [0.2, 0.25) is 0 Å². The van der Waals surface area contributed by atoms with Gasteiger partial charge < -0.3 is 10.8 Å². The van der Waals surface area contributed by atoms with Gasteiger partial charge in [-0.05, 0) is 12.8 Å². The molecular weight excluding hydrogens is 166 g/mol. The first kappa shape index (κ1) is 10.3. The molecule has 0 unspecified atom stereocenters. The topological polar surface area (TPSA) is 63.3 Å². The minimum Gasteiger partial charge on any atom is -0.480 e. The highest BCUT2D eigenvalue weighted by Gasteiger charge is 2.46. The van der Waals surface area contributed by atoms with Crippen LogP contribution in [0.4, 0.5) is 0 Å². The molecule has 62 valence electrons. The number of rotatable bonds is 1. The molecule has 3 N–H and O–H groups in total. The van der Waals surface area contributed by atoms with Crippen LogP contribution in [-0.2, 0) is 4.79 Å². The van der Waals surface area contributed by atoms with Crippen LogP contribution in [0.3, 0.4) is 0 Å². The van der Waals surface area contributed by atoms with Gasteiger partial charge in [-0.3, -0.25) is 4.79 Å². The molecule has 0 bridgehead atoms. The summed E-state index contributed by atoms with van der Waals surface area (Å²) in [5.41, 5.74) is 4.39. The summed E-state index contributed by atoms with van der Waals surface area (Å²) in [5.74, 6) is 1.59. The third kappa shape index (κ3) is 1.65. The van der Waals surface area contributed by atoms with Crippen molar-refractivity contribution in [2.24, 2.45) is 11.7 Å². The SMILES string of the molecule is C#CC1CC(N)(C(=O)O)C1.Cl. The minimum atomic E-state index is -1.03. The van der Waals surface area contributed by atoms with Gasteiger partial charge >= 0.3 is 5.97 Å². The number of terminal acetylenes is 1. The normalized spacial score (nSPS) is 34.4. The van der Waals surface area contributed by atoms with Crippen molar-refractivity contribution in [3.8, 4) is 12.3 Å². The molecule has 0 aliphatic heterocycles. The van der Waals surface area contributed by atoms with Crippen LogP contribution in [-0.4, -0.2) is 16.6 Å². The fraction of sp³-hybridized carbons (Fsp3) is 0.571. The Bertz CT molecular complexity index is 203. The lowest BCUT2D eigenvalue weighted by Crippen LogP contribution is -2.57. The molecule has 0 aromatic heterocycles. The van der Waals surface area contributed by atoms with Gasteiger partial charge in [0.05, 0.1) is 0 Å². The second-order valence-corrected chi connectivity index (χ2v) is 2.73. The molecule has 4 heteroatoms. The molecule has 1 rings (SSSR count). The zero-order valence-electron chi connectivity index (χ0n) is 5.91. The summed E-state index contributed by atoms with van der Waals surface area (Å²) in [5, 5.41) is 8.51. The number of carbonyl (C=O) groups is 1. The van der Waals surface area contributed by atoms with Crippen molar-refractivity contribution < 1.29 is 9.90 Å². The molecule has 1 fully saturated rings. The van der Waals surface area contributed by atoms with Gasteiger partial charge in [0, 0.05) is 5.92 Å². The largest absolute Gasteiger partial charge is 0.480 e. The Hall–Kier alpha value is -0.720. The van der Waals surface area contributed by atoms with E-state index in [1.165, 1.54) is 0 Å². The monoisotopic (exact) mass is 175 g/mol. The maximum atomic E-state index is 10.4. The molecule has 1 aliphatic carbocycles. The molecule has 0 aromatic carbocycles. The maximum Gasteiger partial charge on any atom is 0.323 e. The van der Waals surface area contributed by atoms with Crippen LogP contribution in [0.5, 0.6) is 0 Å². The zero-order chi connectivity index (χ0) is 7.78. The lowest BCUT2D eigenvalue weighted by atomic mass is 9.69. The summed E-state index contributed by atoms with van der Waals surface area (Å²) in [6.45, 7) is 0. The van der Waals surface area contributed by atoms with Crippen molar-refractivity contribution in [2.75, 3.05) is 0 Å². The molecule has 0 amide bonds. The highest BCUT2D eigenvalue weighted by atomic mass is 35.5. The molecule has 1 saturated carbocycles. The Balaban J connectivity index is 0.000001000. The summed E-state index contributed by atoms with van der Waals surface area (Å²) in [7, 11) is 0. The van der Waals surface area contributed by atoms with E-state index in [-0.39, 0.29) is 18.3 Å². The summed E-state index contributed by atoms with van der Waals surface area (Å²) < 4.78 is 0. The number of nitrogens with two attached hydrogens (primary N) is 1. The van der Waals surface area contributed by atoms with Crippen LogP contribution in [0.1, 0.15) is 12.8 Å². The number of hydrogen-bond donors (Lipinski definition) is 2. The van der Waals surface area contributed by atoms with Crippen LogP contribution in [0.15, 0.2) is 0 Å². The number of carboxylic acids is 1. The lowest BCUT2D eigenvalue weighted by Gasteiger charge is -2.38. The van der Waals surface area contributed by atoms with Gasteiger partial charge in [0.15, 0.2) is 0 Å². The van der Waals surface area contributed by atoms with Gasteiger partial charge in [0.25, 0.3) is 0 Å². The van der Waals surface area contributed by atoms with E-state index in [1.807, 2.05) is 0 Å². The fourth-order valence-electron chi connectivity index (χ4n) is 1.11. The predicted octanol–water partition coefficient (Wildman–Crippen LogP) is 0.233. The highest BCUT2D eigenvalue weighted by molar-refractivity contribution is 5.85. The van der Waals surface area contributed by atoms with E-state index < -0.39 is 11.5 Å². The average molecular weight is 176 g/mol. The fourth-order valence-corrected chi connectivity index (χ4v) is 1.11. The Kier molecular flexibility index (Phi) is 2.92. The summed E-state index contributed by atoms with van der Waals surface area (Å²) in [4.78, 5) is 10.4. The zero-order valence-corrected chi connectivity index (χ0v) is 6.73. The van der Waals surface area contributed by atoms with Gasteiger partial charge in [-0.2, -0.15) is 0 Å². The molecule has 11 heavy (non-hydrogen) atoms. The first-order chi connectivity index (χ1) is 4.58. The minimum absolute atomic E-state index is 0. The van der Waals surface area contributed by atoms with Crippen molar-refractivity contribution in [3.05, 3.63) is 0 Å². The molecule has 0 atom stereocenters.